The van der Waals surface area contributed by atoms with E-state index in [-0.39, 0.29) is 11.7 Å². The number of nitrogens with zero attached hydrogens (tertiary/aromatic N) is 1. The number of benzene rings is 3. The van der Waals surface area contributed by atoms with Gasteiger partial charge >= 0.3 is 0 Å². The lowest BCUT2D eigenvalue weighted by atomic mass is 10.0. The molecule has 2 N–H and O–H groups in total. The van der Waals surface area contributed by atoms with E-state index in [0.29, 0.717) is 11.3 Å². The molecule has 0 spiro atoms. The number of carbonyl (C=O) groups is 1. The maximum Gasteiger partial charge on any atom is 0.255 e. The van der Waals surface area contributed by atoms with Crippen LogP contribution in [0.5, 0.6) is 5.75 Å². The maximum absolute atomic E-state index is 12.7. The third kappa shape index (κ3) is 5.69. The highest BCUT2D eigenvalue weighted by molar-refractivity contribution is 6.05. The van der Waals surface area contributed by atoms with Gasteiger partial charge in [-0.15, -0.1) is 0 Å². The Morgan fingerprint density at radius 1 is 0.966 bits per heavy atom. The Kier molecular flexibility index (Phi) is 7.04. The summed E-state index contributed by atoms with van der Waals surface area (Å²) in [5.41, 5.74) is 4.10. The molecule has 4 nitrogen and oxygen atoms in total. The number of carbonyl (C=O) groups excluding carboxylic acids is 1. The molecular formula is C25H28N2O2. The van der Waals surface area contributed by atoms with Crippen LogP contribution in [0.25, 0.3) is 11.1 Å². The first kappa shape index (κ1) is 20.6. The van der Waals surface area contributed by atoms with E-state index < -0.39 is 0 Å². The molecule has 0 fully saturated rings. The first-order chi connectivity index (χ1) is 14.1. The van der Waals surface area contributed by atoms with Crippen molar-refractivity contribution in [3.05, 3.63) is 83.9 Å². The van der Waals surface area contributed by atoms with Gasteiger partial charge in [-0.2, -0.15) is 0 Å². The van der Waals surface area contributed by atoms with E-state index >= 15 is 0 Å². The van der Waals surface area contributed by atoms with Crippen LogP contribution in [0.15, 0.2) is 72.8 Å². The van der Waals surface area contributed by atoms with Crippen molar-refractivity contribution in [3.63, 3.8) is 0 Å². The minimum absolute atomic E-state index is 0.0483. The largest absolute Gasteiger partial charge is 0.506 e. The number of aromatic hydroxyl groups is 1. The highest BCUT2D eigenvalue weighted by Gasteiger charge is 2.11. The second-order valence-electron chi connectivity index (χ2n) is 7.34. The maximum atomic E-state index is 12.7. The van der Waals surface area contributed by atoms with Gasteiger partial charge in [0.15, 0.2) is 0 Å². The van der Waals surface area contributed by atoms with Crippen LogP contribution in [0.3, 0.4) is 0 Å². The predicted octanol–water partition coefficient (Wildman–Crippen LogP) is 5.54. The van der Waals surface area contributed by atoms with E-state index in [1.54, 1.807) is 12.1 Å². The van der Waals surface area contributed by atoms with Crippen molar-refractivity contribution < 1.29 is 9.90 Å². The fraction of sp³-hybridized carbons (Fsp3) is 0.240. The Morgan fingerprint density at radius 3 is 2.38 bits per heavy atom. The molecule has 0 aliphatic carbocycles. The Morgan fingerprint density at radius 2 is 1.69 bits per heavy atom. The van der Waals surface area contributed by atoms with Crippen LogP contribution in [0.4, 0.5) is 5.69 Å². The number of phenolic OH excluding ortho intramolecular Hbond substituents is 1. The van der Waals surface area contributed by atoms with Crippen LogP contribution in [0, 0.1) is 0 Å². The Bertz CT molecular complexity index is 937. The van der Waals surface area contributed by atoms with Gasteiger partial charge in [0, 0.05) is 12.1 Å². The van der Waals surface area contributed by atoms with Crippen molar-refractivity contribution in [1.82, 2.24) is 4.90 Å². The highest BCUT2D eigenvalue weighted by atomic mass is 16.3. The molecule has 4 heteroatoms. The molecule has 1 amide bonds. The molecule has 150 valence electrons. The summed E-state index contributed by atoms with van der Waals surface area (Å²) in [6.07, 6.45) is 2.37. The summed E-state index contributed by atoms with van der Waals surface area (Å²) in [5, 5.41) is 13.0. The number of hydrogen-bond acceptors (Lipinski definition) is 3. The second kappa shape index (κ2) is 9.89. The normalized spacial score (nSPS) is 10.9. The van der Waals surface area contributed by atoms with Crippen LogP contribution in [0.2, 0.25) is 0 Å². The molecule has 0 radical (unpaired) electrons. The number of rotatable bonds is 8. The summed E-state index contributed by atoms with van der Waals surface area (Å²) < 4.78 is 0. The van der Waals surface area contributed by atoms with Gasteiger partial charge in [-0.1, -0.05) is 61.9 Å². The van der Waals surface area contributed by atoms with Crippen LogP contribution in [0.1, 0.15) is 35.7 Å². The summed E-state index contributed by atoms with van der Waals surface area (Å²) in [4.78, 5) is 14.9. The van der Waals surface area contributed by atoms with Gasteiger partial charge in [-0.05, 0) is 61.0 Å². The quantitative estimate of drug-likeness (QED) is 0.498. The fourth-order valence-electron chi connectivity index (χ4n) is 3.22. The zero-order valence-electron chi connectivity index (χ0n) is 17.1. The van der Waals surface area contributed by atoms with Gasteiger partial charge in [0.05, 0.1) is 5.69 Å². The molecule has 0 aromatic heterocycles. The van der Waals surface area contributed by atoms with E-state index in [0.717, 1.165) is 24.2 Å². The zero-order valence-corrected chi connectivity index (χ0v) is 17.1. The molecule has 3 rings (SSSR count). The lowest BCUT2D eigenvalue weighted by Crippen LogP contribution is -2.19. The fourth-order valence-corrected chi connectivity index (χ4v) is 3.22. The molecule has 0 heterocycles. The molecule has 3 aromatic rings. The van der Waals surface area contributed by atoms with Crippen LogP contribution < -0.4 is 5.32 Å². The van der Waals surface area contributed by atoms with Crippen LogP contribution in [-0.4, -0.2) is 29.5 Å². The second-order valence-corrected chi connectivity index (χ2v) is 7.34. The molecule has 0 aliphatic heterocycles. The van der Waals surface area contributed by atoms with Gasteiger partial charge in [0.2, 0.25) is 0 Å². The van der Waals surface area contributed by atoms with E-state index in [1.165, 1.54) is 18.4 Å². The number of hydrogen-bond donors (Lipinski definition) is 2. The predicted molar refractivity (Wildman–Crippen MR) is 119 cm³/mol. The van der Waals surface area contributed by atoms with Gasteiger partial charge in [-0.25, -0.2) is 0 Å². The minimum atomic E-state index is -0.239. The van der Waals surface area contributed by atoms with Gasteiger partial charge in [-0.3, -0.25) is 4.79 Å². The summed E-state index contributed by atoms with van der Waals surface area (Å²) in [6, 6.07) is 22.7. The molecule has 0 saturated heterocycles. The van der Waals surface area contributed by atoms with Crippen LogP contribution >= 0.6 is 0 Å². The van der Waals surface area contributed by atoms with Crippen molar-refractivity contribution >= 4 is 11.6 Å². The van der Waals surface area contributed by atoms with E-state index in [1.807, 2.05) is 60.7 Å². The van der Waals surface area contributed by atoms with Crippen molar-refractivity contribution in [2.45, 2.75) is 26.3 Å². The van der Waals surface area contributed by atoms with E-state index in [2.05, 4.69) is 24.2 Å². The van der Waals surface area contributed by atoms with E-state index in [9.17, 15) is 9.90 Å². The number of anilines is 1. The molecule has 0 saturated carbocycles. The molecule has 29 heavy (non-hydrogen) atoms. The number of unbranched alkanes of at least 4 members (excludes halogenated alkanes) is 1. The topological polar surface area (TPSA) is 52.6 Å². The monoisotopic (exact) mass is 388 g/mol. The lowest BCUT2D eigenvalue weighted by molar-refractivity contribution is 0.102. The van der Waals surface area contributed by atoms with Crippen molar-refractivity contribution in [1.29, 1.82) is 0 Å². The Balaban J connectivity index is 1.68. The highest BCUT2D eigenvalue weighted by Crippen LogP contribution is 2.30. The Hall–Kier alpha value is -3.11. The van der Waals surface area contributed by atoms with Crippen LogP contribution in [-0.2, 0) is 6.54 Å². The zero-order chi connectivity index (χ0) is 20.6. The summed E-state index contributed by atoms with van der Waals surface area (Å²) in [6.45, 7) is 4.12. The number of amides is 1. The summed E-state index contributed by atoms with van der Waals surface area (Å²) >= 11 is 0. The standard InChI is InChI=1S/C25H28N2O2/c1-3-4-16-27(2)18-19-10-12-21(13-11-19)25(29)26-23-17-22(14-15-24(23)28)20-8-6-5-7-9-20/h5-15,17,28H,3-4,16,18H2,1-2H3,(H,26,29). The van der Waals surface area contributed by atoms with Gasteiger partial charge < -0.3 is 15.3 Å². The Labute approximate surface area is 172 Å². The molecule has 0 unspecified atom stereocenters. The average Bonchev–Trinajstić information content (AvgIpc) is 2.75. The van der Waals surface area contributed by atoms with Crippen molar-refractivity contribution in [2.75, 3.05) is 18.9 Å². The minimum Gasteiger partial charge on any atom is -0.506 e. The van der Waals surface area contributed by atoms with Crippen molar-refractivity contribution in [2.24, 2.45) is 0 Å². The first-order valence-corrected chi connectivity index (χ1v) is 10.0. The van der Waals surface area contributed by atoms with Crippen molar-refractivity contribution in [3.8, 4) is 16.9 Å². The number of nitrogens with one attached hydrogen (secondary N) is 1. The van der Waals surface area contributed by atoms with Gasteiger partial charge in [0.1, 0.15) is 5.75 Å². The van der Waals surface area contributed by atoms with Gasteiger partial charge in [0.25, 0.3) is 5.91 Å². The molecule has 0 bridgehead atoms. The average molecular weight is 389 g/mol. The summed E-state index contributed by atoms with van der Waals surface area (Å²) in [5.74, 6) is -0.191. The molecule has 0 aliphatic rings. The lowest BCUT2D eigenvalue weighted by Gasteiger charge is -2.16. The third-order valence-corrected chi connectivity index (χ3v) is 4.91. The molecule has 0 atom stereocenters. The SMILES string of the molecule is CCCCN(C)Cc1ccc(C(=O)Nc2cc(-c3ccccc3)ccc2O)cc1. The summed E-state index contributed by atoms with van der Waals surface area (Å²) in [7, 11) is 2.11. The first-order valence-electron chi connectivity index (χ1n) is 10.0. The number of phenols is 1. The molecular weight excluding hydrogens is 360 g/mol. The third-order valence-electron chi connectivity index (χ3n) is 4.91. The smallest absolute Gasteiger partial charge is 0.255 e. The molecule has 3 aromatic carbocycles. The van der Waals surface area contributed by atoms with E-state index in [4.69, 9.17) is 0 Å².